The van der Waals surface area contributed by atoms with Gasteiger partial charge in [0.15, 0.2) is 0 Å². The number of amides is 1. The molecule has 18 heavy (non-hydrogen) atoms. The normalized spacial score (nSPS) is 27.3. The van der Waals surface area contributed by atoms with Gasteiger partial charge in [-0.2, -0.15) is 5.10 Å². The van der Waals surface area contributed by atoms with Crippen LogP contribution in [0, 0.1) is 18.8 Å². The third-order valence-corrected chi connectivity index (χ3v) is 4.46. The lowest BCUT2D eigenvalue weighted by Gasteiger charge is -2.34. The van der Waals surface area contributed by atoms with E-state index in [4.69, 9.17) is 0 Å². The largest absolute Gasteiger partial charge is 0.338 e. The highest BCUT2D eigenvalue weighted by atomic mass is 16.2. The molecule has 3 heterocycles. The summed E-state index contributed by atoms with van der Waals surface area (Å²) in [6.45, 7) is 5.91. The van der Waals surface area contributed by atoms with Gasteiger partial charge in [0.1, 0.15) is 0 Å². The molecular formula is C13H20N4O. The van der Waals surface area contributed by atoms with Crippen molar-refractivity contribution in [3.8, 4) is 0 Å². The van der Waals surface area contributed by atoms with E-state index in [1.54, 1.807) is 10.9 Å². The van der Waals surface area contributed by atoms with Gasteiger partial charge < -0.3 is 10.2 Å². The molecule has 2 aliphatic rings. The van der Waals surface area contributed by atoms with Crippen molar-refractivity contribution in [2.45, 2.75) is 13.3 Å². The van der Waals surface area contributed by atoms with Crippen LogP contribution < -0.4 is 5.32 Å². The van der Waals surface area contributed by atoms with Gasteiger partial charge in [-0.1, -0.05) is 0 Å². The molecule has 1 aromatic heterocycles. The fourth-order valence-electron chi connectivity index (χ4n) is 3.10. The van der Waals surface area contributed by atoms with Gasteiger partial charge in [0, 0.05) is 25.8 Å². The van der Waals surface area contributed by atoms with Gasteiger partial charge in [-0.15, -0.1) is 0 Å². The average molecular weight is 248 g/mol. The zero-order chi connectivity index (χ0) is 12.7. The molecule has 2 unspecified atom stereocenters. The SMILES string of the molecule is Cc1c(C(=O)N2CCC3CNCC3C2)cnn1C. The van der Waals surface area contributed by atoms with Crippen LogP contribution in [0.1, 0.15) is 22.5 Å². The van der Waals surface area contributed by atoms with E-state index in [0.29, 0.717) is 5.92 Å². The summed E-state index contributed by atoms with van der Waals surface area (Å²) >= 11 is 0. The van der Waals surface area contributed by atoms with Crippen molar-refractivity contribution >= 4 is 5.91 Å². The summed E-state index contributed by atoms with van der Waals surface area (Å²) in [5.41, 5.74) is 1.70. The molecule has 2 atom stereocenters. The molecule has 0 saturated carbocycles. The first-order valence-electron chi connectivity index (χ1n) is 6.65. The molecule has 98 valence electrons. The molecule has 1 amide bonds. The number of carbonyl (C=O) groups excluding carboxylic acids is 1. The van der Waals surface area contributed by atoms with Crippen LogP contribution in [0.3, 0.4) is 0 Å². The molecule has 0 aromatic carbocycles. The minimum Gasteiger partial charge on any atom is -0.338 e. The van der Waals surface area contributed by atoms with Crippen molar-refractivity contribution in [3.63, 3.8) is 0 Å². The fourth-order valence-corrected chi connectivity index (χ4v) is 3.10. The Kier molecular flexibility index (Phi) is 2.86. The summed E-state index contributed by atoms with van der Waals surface area (Å²) < 4.78 is 1.76. The highest BCUT2D eigenvalue weighted by molar-refractivity contribution is 5.95. The third-order valence-electron chi connectivity index (χ3n) is 4.46. The van der Waals surface area contributed by atoms with Crippen molar-refractivity contribution in [1.82, 2.24) is 20.0 Å². The fraction of sp³-hybridized carbons (Fsp3) is 0.692. The van der Waals surface area contributed by atoms with E-state index in [9.17, 15) is 4.79 Å². The van der Waals surface area contributed by atoms with E-state index in [0.717, 1.165) is 49.8 Å². The van der Waals surface area contributed by atoms with Crippen LogP contribution in [-0.2, 0) is 7.05 Å². The number of carbonyl (C=O) groups is 1. The highest BCUT2D eigenvalue weighted by Gasteiger charge is 2.35. The summed E-state index contributed by atoms with van der Waals surface area (Å²) in [5.74, 6) is 1.55. The van der Waals surface area contributed by atoms with E-state index >= 15 is 0 Å². The lowest BCUT2D eigenvalue weighted by molar-refractivity contribution is 0.0641. The molecule has 0 spiro atoms. The van der Waals surface area contributed by atoms with Crippen LogP contribution in [0.4, 0.5) is 0 Å². The van der Waals surface area contributed by atoms with E-state index < -0.39 is 0 Å². The molecular weight excluding hydrogens is 228 g/mol. The Labute approximate surface area is 107 Å². The maximum atomic E-state index is 12.5. The summed E-state index contributed by atoms with van der Waals surface area (Å²) in [5, 5.41) is 7.58. The molecule has 0 radical (unpaired) electrons. The quantitative estimate of drug-likeness (QED) is 0.783. The van der Waals surface area contributed by atoms with E-state index in [-0.39, 0.29) is 5.91 Å². The minimum absolute atomic E-state index is 0.144. The summed E-state index contributed by atoms with van der Waals surface area (Å²) in [7, 11) is 1.87. The molecule has 5 nitrogen and oxygen atoms in total. The van der Waals surface area contributed by atoms with Gasteiger partial charge in [0.05, 0.1) is 11.8 Å². The molecule has 2 saturated heterocycles. The number of fused-ring (bicyclic) bond motifs is 1. The van der Waals surface area contributed by atoms with Gasteiger partial charge in [-0.25, -0.2) is 0 Å². The van der Waals surface area contributed by atoms with Crippen molar-refractivity contribution in [2.24, 2.45) is 18.9 Å². The van der Waals surface area contributed by atoms with Crippen molar-refractivity contribution in [3.05, 3.63) is 17.5 Å². The van der Waals surface area contributed by atoms with Gasteiger partial charge in [-0.3, -0.25) is 9.48 Å². The van der Waals surface area contributed by atoms with Crippen LogP contribution in [0.2, 0.25) is 0 Å². The smallest absolute Gasteiger partial charge is 0.257 e. The monoisotopic (exact) mass is 248 g/mol. The second-order valence-corrected chi connectivity index (χ2v) is 5.49. The van der Waals surface area contributed by atoms with Gasteiger partial charge in [0.25, 0.3) is 5.91 Å². The molecule has 1 aromatic rings. The maximum absolute atomic E-state index is 12.5. The van der Waals surface area contributed by atoms with Gasteiger partial charge in [0.2, 0.25) is 0 Å². The number of hydrogen-bond donors (Lipinski definition) is 1. The molecule has 2 aliphatic heterocycles. The first kappa shape index (κ1) is 11.7. The summed E-state index contributed by atoms with van der Waals surface area (Å²) in [6.07, 6.45) is 2.82. The van der Waals surface area contributed by atoms with Crippen LogP contribution in [-0.4, -0.2) is 46.8 Å². The molecule has 5 heteroatoms. The first-order chi connectivity index (χ1) is 8.66. The van der Waals surface area contributed by atoms with E-state index in [1.165, 1.54) is 0 Å². The average Bonchev–Trinajstić information content (AvgIpc) is 2.96. The second kappa shape index (κ2) is 4.39. The van der Waals surface area contributed by atoms with Gasteiger partial charge >= 0.3 is 0 Å². The van der Waals surface area contributed by atoms with E-state index in [2.05, 4.69) is 10.4 Å². The third kappa shape index (κ3) is 1.82. The van der Waals surface area contributed by atoms with Crippen molar-refractivity contribution in [1.29, 1.82) is 0 Å². The summed E-state index contributed by atoms with van der Waals surface area (Å²) in [6, 6.07) is 0. The van der Waals surface area contributed by atoms with Crippen LogP contribution in [0.15, 0.2) is 6.20 Å². The number of aromatic nitrogens is 2. The molecule has 3 rings (SSSR count). The van der Waals surface area contributed by atoms with Crippen LogP contribution >= 0.6 is 0 Å². The minimum atomic E-state index is 0.144. The first-order valence-corrected chi connectivity index (χ1v) is 6.65. The predicted octanol–water partition coefficient (Wildman–Crippen LogP) is 0.410. The Morgan fingerprint density at radius 1 is 1.44 bits per heavy atom. The topological polar surface area (TPSA) is 50.2 Å². The van der Waals surface area contributed by atoms with Crippen molar-refractivity contribution in [2.75, 3.05) is 26.2 Å². The summed E-state index contributed by atoms with van der Waals surface area (Å²) in [4.78, 5) is 14.5. The van der Waals surface area contributed by atoms with Crippen molar-refractivity contribution < 1.29 is 4.79 Å². The number of hydrogen-bond acceptors (Lipinski definition) is 3. The van der Waals surface area contributed by atoms with Crippen LogP contribution in [0.5, 0.6) is 0 Å². The van der Waals surface area contributed by atoms with Crippen LogP contribution in [0.25, 0.3) is 0 Å². The van der Waals surface area contributed by atoms with Gasteiger partial charge in [-0.05, 0) is 38.3 Å². The Balaban J connectivity index is 1.75. The Morgan fingerprint density at radius 2 is 2.22 bits per heavy atom. The zero-order valence-corrected chi connectivity index (χ0v) is 11.0. The molecule has 0 bridgehead atoms. The number of nitrogens with one attached hydrogen (secondary N) is 1. The number of aryl methyl sites for hydroxylation is 1. The number of nitrogens with zero attached hydrogens (tertiary/aromatic N) is 3. The highest BCUT2D eigenvalue weighted by Crippen LogP contribution is 2.27. The number of likely N-dealkylation sites (tertiary alicyclic amines) is 1. The lowest BCUT2D eigenvalue weighted by Crippen LogP contribution is -2.43. The Hall–Kier alpha value is -1.36. The second-order valence-electron chi connectivity index (χ2n) is 5.49. The standard InChI is InChI=1S/C13H20N4O/c1-9-12(7-15-16(9)2)13(18)17-4-3-10-5-14-6-11(10)8-17/h7,10-11,14H,3-6,8H2,1-2H3. The lowest BCUT2D eigenvalue weighted by atomic mass is 9.88. The maximum Gasteiger partial charge on any atom is 0.257 e. The Morgan fingerprint density at radius 3 is 2.94 bits per heavy atom. The molecule has 0 aliphatic carbocycles. The van der Waals surface area contributed by atoms with E-state index in [1.807, 2.05) is 18.9 Å². The Bertz CT molecular complexity index is 468. The predicted molar refractivity (Wildman–Crippen MR) is 68.3 cm³/mol. The number of rotatable bonds is 1. The molecule has 2 fully saturated rings. The zero-order valence-electron chi connectivity index (χ0n) is 11.0. The number of piperidine rings is 1. The molecule has 1 N–H and O–H groups in total.